The van der Waals surface area contributed by atoms with Crippen LogP contribution in [0.3, 0.4) is 0 Å². The average Bonchev–Trinajstić information content (AvgIpc) is 2.85. The van der Waals surface area contributed by atoms with E-state index in [1.54, 1.807) is 18.2 Å². The van der Waals surface area contributed by atoms with Crippen molar-refractivity contribution in [1.82, 2.24) is 5.32 Å². The predicted octanol–water partition coefficient (Wildman–Crippen LogP) is 3.99. The fourth-order valence-electron chi connectivity index (χ4n) is 2.09. The highest BCUT2D eigenvalue weighted by molar-refractivity contribution is 8.26. The fraction of sp³-hybridized carbons (Fsp3) is 0.0588. The Bertz CT molecular complexity index is 835. The van der Waals surface area contributed by atoms with Gasteiger partial charge in [-0.05, 0) is 35.9 Å². The lowest BCUT2D eigenvalue weighted by Gasteiger charge is -2.09. The number of nitrogens with one attached hydrogen (secondary N) is 1. The molecule has 3 N–H and O–H groups in total. The van der Waals surface area contributed by atoms with Crippen LogP contribution in [0.5, 0.6) is 5.75 Å². The number of halogens is 1. The molecule has 24 heavy (non-hydrogen) atoms. The molecule has 1 amide bonds. The van der Waals surface area contributed by atoms with Crippen LogP contribution < -0.4 is 15.8 Å². The Balaban J connectivity index is 1.65. The van der Waals surface area contributed by atoms with Crippen molar-refractivity contribution in [1.29, 1.82) is 0 Å². The third-order valence-electron chi connectivity index (χ3n) is 3.32. The van der Waals surface area contributed by atoms with Gasteiger partial charge in [-0.25, -0.2) is 0 Å². The molecule has 0 bridgehead atoms. The van der Waals surface area contributed by atoms with Gasteiger partial charge in [0.1, 0.15) is 16.7 Å². The predicted molar refractivity (Wildman–Crippen MR) is 103 cm³/mol. The van der Waals surface area contributed by atoms with Crippen molar-refractivity contribution < 1.29 is 9.53 Å². The minimum Gasteiger partial charge on any atom is -0.489 e. The number of thiocarbonyl (C=S) groups is 1. The van der Waals surface area contributed by atoms with Crippen LogP contribution in [0, 0.1) is 0 Å². The highest BCUT2D eigenvalue weighted by Crippen LogP contribution is 2.26. The number of amides is 1. The lowest BCUT2D eigenvalue weighted by atomic mass is 10.2. The molecule has 7 heteroatoms. The molecule has 0 atom stereocenters. The molecule has 122 valence electrons. The molecule has 0 aromatic heterocycles. The summed E-state index contributed by atoms with van der Waals surface area (Å²) in [6.45, 7) is 0.357. The number of rotatable bonds is 4. The summed E-state index contributed by atoms with van der Waals surface area (Å²) in [5.41, 5.74) is 8.28. The summed E-state index contributed by atoms with van der Waals surface area (Å²) in [5, 5.41) is 3.19. The molecule has 1 saturated heterocycles. The van der Waals surface area contributed by atoms with E-state index in [0.717, 1.165) is 11.1 Å². The molecule has 0 aliphatic carbocycles. The van der Waals surface area contributed by atoms with Crippen molar-refractivity contribution >= 4 is 57.6 Å². The van der Waals surface area contributed by atoms with Gasteiger partial charge in [0.05, 0.1) is 4.91 Å². The third-order valence-corrected chi connectivity index (χ3v) is 4.72. The molecule has 1 aliphatic heterocycles. The highest BCUT2D eigenvalue weighted by Gasteiger charge is 2.21. The van der Waals surface area contributed by atoms with Crippen LogP contribution in [0.4, 0.5) is 5.69 Å². The summed E-state index contributed by atoms with van der Waals surface area (Å²) in [7, 11) is 0. The monoisotopic (exact) mass is 376 g/mol. The minimum absolute atomic E-state index is 0.163. The van der Waals surface area contributed by atoms with Gasteiger partial charge in [-0.1, -0.05) is 53.8 Å². The van der Waals surface area contributed by atoms with Gasteiger partial charge in [0, 0.05) is 16.3 Å². The molecule has 1 heterocycles. The first-order valence-corrected chi connectivity index (χ1v) is 8.63. The maximum atomic E-state index is 11.6. The van der Waals surface area contributed by atoms with Crippen LogP contribution in [0.2, 0.25) is 5.02 Å². The number of thioether (sulfide) groups is 1. The van der Waals surface area contributed by atoms with E-state index in [-0.39, 0.29) is 5.91 Å². The molecular formula is C17H13ClN2O2S2. The lowest BCUT2D eigenvalue weighted by Crippen LogP contribution is -2.17. The molecule has 1 fully saturated rings. The second kappa shape index (κ2) is 7.25. The van der Waals surface area contributed by atoms with Gasteiger partial charge in [-0.2, -0.15) is 0 Å². The number of carbonyl (C=O) groups is 1. The van der Waals surface area contributed by atoms with Crippen molar-refractivity contribution in [2.45, 2.75) is 6.61 Å². The van der Waals surface area contributed by atoms with Gasteiger partial charge < -0.3 is 15.8 Å². The zero-order valence-electron chi connectivity index (χ0n) is 12.4. The van der Waals surface area contributed by atoms with Crippen LogP contribution in [-0.2, 0) is 11.4 Å². The molecule has 0 unspecified atom stereocenters. The summed E-state index contributed by atoms with van der Waals surface area (Å²) >= 11 is 12.1. The molecule has 2 aromatic rings. The van der Waals surface area contributed by atoms with E-state index in [0.29, 0.717) is 32.3 Å². The Hall–Kier alpha value is -2.02. The number of ether oxygens (including phenoxy) is 1. The molecule has 0 saturated carbocycles. The standard InChI is InChI=1S/C17H13ClN2O2S2/c18-12-4-3-11(14(19)8-12)9-22-13-5-1-10(2-6-13)7-15-16(21)20-17(23)24-15/h1-8H,9,19H2,(H,20,21,23)/b15-7+. The Morgan fingerprint density at radius 3 is 2.62 bits per heavy atom. The summed E-state index contributed by atoms with van der Waals surface area (Å²) in [6, 6.07) is 12.8. The topological polar surface area (TPSA) is 64.3 Å². The number of nitrogens with two attached hydrogens (primary N) is 1. The Morgan fingerprint density at radius 2 is 2.00 bits per heavy atom. The highest BCUT2D eigenvalue weighted by atomic mass is 35.5. The number of hydrogen-bond donors (Lipinski definition) is 2. The van der Waals surface area contributed by atoms with Crippen molar-refractivity contribution in [3.05, 3.63) is 63.5 Å². The van der Waals surface area contributed by atoms with Gasteiger partial charge in [0.2, 0.25) is 0 Å². The molecule has 4 nitrogen and oxygen atoms in total. The number of anilines is 1. The second-order valence-corrected chi connectivity index (χ2v) is 7.21. The maximum Gasteiger partial charge on any atom is 0.263 e. The Labute approximate surface area is 154 Å². The van der Waals surface area contributed by atoms with Crippen LogP contribution in [0.25, 0.3) is 6.08 Å². The Kier molecular flexibility index (Phi) is 5.08. The molecule has 3 rings (SSSR count). The molecule has 0 spiro atoms. The quantitative estimate of drug-likeness (QED) is 0.480. The van der Waals surface area contributed by atoms with Crippen LogP contribution >= 0.6 is 35.6 Å². The van der Waals surface area contributed by atoms with Crippen molar-refractivity contribution in [3.63, 3.8) is 0 Å². The van der Waals surface area contributed by atoms with E-state index < -0.39 is 0 Å². The smallest absolute Gasteiger partial charge is 0.263 e. The van der Waals surface area contributed by atoms with Crippen LogP contribution in [-0.4, -0.2) is 10.2 Å². The zero-order chi connectivity index (χ0) is 17.1. The summed E-state index contributed by atoms with van der Waals surface area (Å²) in [5.74, 6) is 0.550. The van der Waals surface area contributed by atoms with E-state index in [1.807, 2.05) is 30.3 Å². The van der Waals surface area contributed by atoms with E-state index in [9.17, 15) is 4.79 Å². The van der Waals surface area contributed by atoms with Crippen molar-refractivity contribution in [2.75, 3.05) is 5.73 Å². The second-order valence-electron chi connectivity index (χ2n) is 5.05. The first-order valence-electron chi connectivity index (χ1n) is 7.03. The largest absolute Gasteiger partial charge is 0.489 e. The van der Waals surface area contributed by atoms with Crippen molar-refractivity contribution in [2.24, 2.45) is 0 Å². The number of benzene rings is 2. The first kappa shape index (κ1) is 16.8. The molecule has 2 aromatic carbocycles. The summed E-state index contributed by atoms with van der Waals surface area (Å²) in [4.78, 5) is 12.2. The SMILES string of the molecule is Nc1cc(Cl)ccc1COc1ccc(/C=C2/SC(=S)NC2=O)cc1. The molecule has 1 aliphatic rings. The number of carbonyl (C=O) groups excluding carboxylic acids is 1. The lowest BCUT2D eigenvalue weighted by molar-refractivity contribution is -0.115. The van der Waals surface area contributed by atoms with E-state index in [2.05, 4.69) is 5.32 Å². The van der Waals surface area contributed by atoms with E-state index >= 15 is 0 Å². The first-order chi connectivity index (χ1) is 11.5. The summed E-state index contributed by atoms with van der Waals surface area (Å²) in [6.07, 6.45) is 1.79. The fourth-order valence-corrected chi connectivity index (χ4v) is 3.32. The zero-order valence-corrected chi connectivity index (χ0v) is 14.8. The van der Waals surface area contributed by atoms with E-state index in [1.165, 1.54) is 11.8 Å². The third kappa shape index (κ3) is 4.08. The Morgan fingerprint density at radius 1 is 1.25 bits per heavy atom. The van der Waals surface area contributed by atoms with Crippen molar-refractivity contribution in [3.8, 4) is 5.75 Å². The normalized spacial score (nSPS) is 15.6. The van der Waals surface area contributed by atoms with Gasteiger partial charge in [-0.3, -0.25) is 4.79 Å². The minimum atomic E-state index is -0.163. The average molecular weight is 377 g/mol. The van der Waals surface area contributed by atoms with Gasteiger partial charge in [0.25, 0.3) is 5.91 Å². The molecular weight excluding hydrogens is 364 g/mol. The summed E-state index contributed by atoms with van der Waals surface area (Å²) < 4.78 is 6.21. The molecule has 0 radical (unpaired) electrons. The number of hydrogen-bond acceptors (Lipinski definition) is 5. The van der Waals surface area contributed by atoms with Crippen LogP contribution in [0.15, 0.2) is 47.4 Å². The van der Waals surface area contributed by atoms with Gasteiger partial charge >= 0.3 is 0 Å². The van der Waals surface area contributed by atoms with Gasteiger partial charge in [-0.15, -0.1) is 0 Å². The van der Waals surface area contributed by atoms with Gasteiger partial charge in [0.15, 0.2) is 0 Å². The van der Waals surface area contributed by atoms with E-state index in [4.69, 9.17) is 34.3 Å². The maximum absolute atomic E-state index is 11.6. The number of nitrogen functional groups attached to an aromatic ring is 1. The van der Waals surface area contributed by atoms with Crippen LogP contribution in [0.1, 0.15) is 11.1 Å².